The number of rotatable bonds is 9. The SMILES string of the molecule is CCCCCCCCCOc1cc[c]c(F)c1F. The standard InChI is InChI=1S/C15H21F2O/c1-2-3-4-5-6-7-8-12-18-14-11-9-10-13(16)15(14)17/h9,11H,2-8,12H2,1H3. The fourth-order valence-electron chi connectivity index (χ4n) is 1.79. The van der Waals surface area contributed by atoms with E-state index in [1.165, 1.54) is 44.2 Å². The summed E-state index contributed by atoms with van der Waals surface area (Å²) in [6.07, 6.45) is 8.21. The van der Waals surface area contributed by atoms with Crippen LogP contribution in [0.15, 0.2) is 12.1 Å². The largest absolute Gasteiger partial charge is 0.490 e. The molecule has 0 aliphatic rings. The average Bonchev–Trinajstić information content (AvgIpc) is 2.37. The van der Waals surface area contributed by atoms with Crippen LogP contribution in [0.5, 0.6) is 5.75 Å². The van der Waals surface area contributed by atoms with Crippen molar-refractivity contribution in [1.29, 1.82) is 0 Å². The molecule has 1 aromatic rings. The molecule has 0 fully saturated rings. The van der Waals surface area contributed by atoms with E-state index < -0.39 is 11.6 Å². The molecule has 3 heteroatoms. The summed E-state index contributed by atoms with van der Waals surface area (Å²) in [5, 5.41) is 0. The van der Waals surface area contributed by atoms with Gasteiger partial charge in [0.25, 0.3) is 0 Å². The summed E-state index contributed by atoms with van der Waals surface area (Å²) in [7, 11) is 0. The van der Waals surface area contributed by atoms with E-state index in [2.05, 4.69) is 13.0 Å². The lowest BCUT2D eigenvalue weighted by molar-refractivity contribution is 0.284. The van der Waals surface area contributed by atoms with Gasteiger partial charge in [-0.1, -0.05) is 45.4 Å². The minimum atomic E-state index is -0.980. The second-order valence-corrected chi connectivity index (χ2v) is 4.44. The Hall–Kier alpha value is -1.12. The van der Waals surface area contributed by atoms with Crippen molar-refractivity contribution >= 4 is 0 Å². The smallest absolute Gasteiger partial charge is 0.201 e. The molecule has 0 saturated heterocycles. The normalized spacial score (nSPS) is 10.6. The molecular formula is C15H21F2O. The van der Waals surface area contributed by atoms with Crippen LogP contribution in [0.3, 0.4) is 0 Å². The summed E-state index contributed by atoms with van der Waals surface area (Å²) < 4.78 is 31.2. The Kier molecular flexibility index (Phi) is 7.38. The Morgan fingerprint density at radius 1 is 1.06 bits per heavy atom. The molecule has 0 N–H and O–H groups in total. The van der Waals surface area contributed by atoms with Gasteiger partial charge in [-0.2, -0.15) is 4.39 Å². The molecule has 0 aliphatic carbocycles. The number of hydrogen-bond acceptors (Lipinski definition) is 1. The Morgan fingerprint density at radius 3 is 2.44 bits per heavy atom. The summed E-state index contributed by atoms with van der Waals surface area (Å²) >= 11 is 0. The zero-order chi connectivity index (χ0) is 13.2. The first kappa shape index (κ1) is 14.9. The topological polar surface area (TPSA) is 9.23 Å². The maximum atomic E-state index is 13.2. The van der Waals surface area contributed by atoms with Gasteiger partial charge in [0.15, 0.2) is 11.6 Å². The van der Waals surface area contributed by atoms with Crippen molar-refractivity contribution in [2.45, 2.75) is 51.9 Å². The highest BCUT2D eigenvalue weighted by Crippen LogP contribution is 2.19. The number of ether oxygens (including phenoxy) is 1. The third-order valence-electron chi connectivity index (χ3n) is 2.86. The first-order valence-corrected chi connectivity index (χ1v) is 6.74. The highest BCUT2D eigenvalue weighted by atomic mass is 19.2. The molecule has 0 saturated carbocycles. The summed E-state index contributed by atoms with van der Waals surface area (Å²) in [4.78, 5) is 0. The summed E-state index contributed by atoms with van der Waals surface area (Å²) in [6, 6.07) is 4.88. The van der Waals surface area contributed by atoms with Crippen LogP contribution in [0.2, 0.25) is 0 Å². The molecule has 0 aromatic heterocycles. The van der Waals surface area contributed by atoms with Gasteiger partial charge in [-0.15, -0.1) is 0 Å². The molecule has 0 heterocycles. The number of halogens is 2. The Bertz CT molecular complexity index is 339. The van der Waals surface area contributed by atoms with Gasteiger partial charge < -0.3 is 4.74 Å². The van der Waals surface area contributed by atoms with E-state index in [1.807, 2.05) is 0 Å². The third-order valence-corrected chi connectivity index (χ3v) is 2.86. The van der Waals surface area contributed by atoms with Crippen LogP contribution < -0.4 is 4.74 Å². The van der Waals surface area contributed by atoms with Crippen molar-refractivity contribution in [2.24, 2.45) is 0 Å². The van der Waals surface area contributed by atoms with E-state index in [0.717, 1.165) is 12.8 Å². The molecule has 1 nitrogen and oxygen atoms in total. The minimum absolute atomic E-state index is 0.0165. The molecular weight excluding hydrogens is 234 g/mol. The Labute approximate surface area is 108 Å². The van der Waals surface area contributed by atoms with Crippen molar-refractivity contribution in [2.75, 3.05) is 6.61 Å². The summed E-state index contributed by atoms with van der Waals surface area (Å²) in [5.41, 5.74) is 0. The van der Waals surface area contributed by atoms with Crippen LogP contribution in [0.25, 0.3) is 0 Å². The maximum absolute atomic E-state index is 13.2. The molecule has 0 atom stereocenters. The highest BCUT2D eigenvalue weighted by molar-refractivity contribution is 5.24. The predicted octanol–water partition coefficient (Wildman–Crippen LogP) is 4.89. The lowest BCUT2D eigenvalue weighted by atomic mass is 10.1. The lowest BCUT2D eigenvalue weighted by Gasteiger charge is -2.07. The van der Waals surface area contributed by atoms with Crippen molar-refractivity contribution in [3.63, 3.8) is 0 Å². The van der Waals surface area contributed by atoms with Gasteiger partial charge in [0, 0.05) is 6.07 Å². The zero-order valence-electron chi connectivity index (χ0n) is 11.0. The van der Waals surface area contributed by atoms with Crippen LogP contribution in [0.4, 0.5) is 8.78 Å². The predicted molar refractivity (Wildman–Crippen MR) is 68.7 cm³/mol. The molecule has 0 amide bonds. The molecule has 0 unspecified atom stereocenters. The van der Waals surface area contributed by atoms with E-state index >= 15 is 0 Å². The Balaban J connectivity index is 2.09. The van der Waals surface area contributed by atoms with Crippen LogP contribution in [-0.4, -0.2) is 6.61 Å². The van der Waals surface area contributed by atoms with E-state index in [1.54, 1.807) is 0 Å². The molecule has 0 bridgehead atoms. The lowest BCUT2D eigenvalue weighted by Crippen LogP contribution is -2.00. The molecule has 101 valence electrons. The first-order valence-electron chi connectivity index (χ1n) is 6.74. The number of hydrogen-bond donors (Lipinski definition) is 0. The summed E-state index contributed by atoms with van der Waals surface area (Å²) in [6.45, 7) is 2.63. The van der Waals surface area contributed by atoms with Crippen molar-refractivity contribution < 1.29 is 13.5 Å². The summed E-state index contributed by atoms with van der Waals surface area (Å²) in [5.74, 6) is -1.94. The maximum Gasteiger partial charge on any atom is 0.201 e. The fraction of sp³-hybridized carbons (Fsp3) is 0.600. The van der Waals surface area contributed by atoms with Crippen LogP contribution in [0.1, 0.15) is 51.9 Å². The van der Waals surface area contributed by atoms with E-state index in [0.29, 0.717) is 6.61 Å². The number of unbranched alkanes of at least 4 members (excludes halogenated alkanes) is 6. The van der Waals surface area contributed by atoms with Gasteiger partial charge in [0.05, 0.1) is 6.61 Å². The highest BCUT2D eigenvalue weighted by Gasteiger charge is 2.08. The monoisotopic (exact) mass is 255 g/mol. The fourth-order valence-corrected chi connectivity index (χ4v) is 1.79. The van der Waals surface area contributed by atoms with Crippen LogP contribution in [0, 0.1) is 17.7 Å². The minimum Gasteiger partial charge on any atom is -0.490 e. The second-order valence-electron chi connectivity index (χ2n) is 4.44. The molecule has 1 aromatic carbocycles. The molecule has 1 rings (SSSR count). The van der Waals surface area contributed by atoms with Gasteiger partial charge in [-0.3, -0.25) is 0 Å². The van der Waals surface area contributed by atoms with Gasteiger partial charge >= 0.3 is 0 Å². The van der Waals surface area contributed by atoms with Crippen molar-refractivity contribution in [1.82, 2.24) is 0 Å². The number of benzene rings is 1. The Morgan fingerprint density at radius 2 is 1.72 bits per heavy atom. The van der Waals surface area contributed by atoms with Crippen LogP contribution in [-0.2, 0) is 0 Å². The van der Waals surface area contributed by atoms with Gasteiger partial charge in [0.1, 0.15) is 0 Å². The molecule has 1 radical (unpaired) electrons. The molecule has 0 aliphatic heterocycles. The quantitative estimate of drug-likeness (QED) is 0.570. The van der Waals surface area contributed by atoms with Gasteiger partial charge in [-0.05, 0) is 18.6 Å². The van der Waals surface area contributed by atoms with Crippen molar-refractivity contribution in [3.05, 3.63) is 29.8 Å². The van der Waals surface area contributed by atoms with E-state index in [4.69, 9.17) is 4.74 Å². The zero-order valence-corrected chi connectivity index (χ0v) is 11.0. The van der Waals surface area contributed by atoms with Gasteiger partial charge in [-0.25, -0.2) is 4.39 Å². The first-order chi connectivity index (χ1) is 8.75. The van der Waals surface area contributed by atoms with E-state index in [-0.39, 0.29) is 5.75 Å². The second kappa shape index (κ2) is 8.90. The van der Waals surface area contributed by atoms with Gasteiger partial charge in [0.2, 0.25) is 5.82 Å². The van der Waals surface area contributed by atoms with Crippen molar-refractivity contribution in [3.8, 4) is 5.75 Å². The molecule has 0 spiro atoms. The molecule has 18 heavy (non-hydrogen) atoms. The van der Waals surface area contributed by atoms with Crippen LogP contribution >= 0.6 is 0 Å². The average molecular weight is 255 g/mol. The van der Waals surface area contributed by atoms with E-state index in [9.17, 15) is 8.78 Å². The third kappa shape index (κ3) is 5.48.